The van der Waals surface area contributed by atoms with Gasteiger partial charge in [0.1, 0.15) is 16.1 Å². The van der Waals surface area contributed by atoms with Crippen molar-refractivity contribution in [1.29, 1.82) is 0 Å². The molecular formula is C49H60Cl3MgN13O3. The Kier molecular flexibility index (Phi) is 27.4. The molecule has 69 heavy (non-hydrogen) atoms. The van der Waals surface area contributed by atoms with Crippen molar-refractivity contribution in [3.63, 3.8) is 0 Å². The molecule has 3 amide bonds. The van der Waals surface area contributed by atoms with E-state index in [0.29, 0.717) is 27.0 Å². The summed E-state index contributed by atoms with van der Waals surface area (Å²) in [6.07, 6.45) is 9.81. The van der Waals surface area contributed by atoms with E-state index < -0.39 is 0 Å². The fourth-order valence-electron chi connectivity index (χ4n) is 6.53. The van der Waals surface area contributed by atoms with Crippen LogP contribution < -0.4 is 38.6 Å². The Morgan fingerprint density at radius 2 is 1.10 bits per heavy atom. The topological polar surface area (TPSA) is 186 Å². The van der Waals surface area contributed by atoms with E-state index in [0.717, 1.165) is 84.4 Å². The van der Waals surface area contributed by atoms with E-state index in [4.69, 9.17) is 23.2 Å². The van der Waals surface area contributed by atoms with Crippen molar-refractivity contribution in [2.75, 3.05) is 92.5 Å². The van der Waals surface area contributed by atoms with Crippen molar-refractivity contribution in [3.8, 4) is 22.3 Å². The number of halogens is 3. The van der Waals surface area contributed by atoms with Crippen molar-refractivity contribution in [2.24, 2.45) is 0 Å². The van der Waals surface area contributed by atoms with E-state index in [1.54, 1.807) is 64.1 Å². The largest absolute Gasteiger partial charge is 2.00 e. The number of amides is 3. The van der Waals surface area contributed by atoms with Gasteiger partial charge in [-0.2, -0.15) is 6.07 Å². The number of nitrogens with zero attached hydrogens (tertiary/aromatic N) is 9. The fraction of sp³-hybridized carbons (Fsp3) is 0.327. The van der Waals surface area contributed by atoms with Crippen molar-refractivity contribution in [1.82, 2.24) is 61.0 Å². The molecule has 0 unspecified atom stereocenters. The first kappa shape index (κ1) is 59.7. The first-order valence-corrected chi connectivity index (χ1v) is 22.4. The summed E-state index contributed by atoms with van der Waals surface area (Å²) < 4.78 is 0. The number of rotatable bonds is 6. The van der Waals surface area contributed by atoms with Crippen LogP contribution in [0.15, 0.2) is 97.8 Å². The number of carbonyl (C=O) groups excluding carboxylic acids is 3. The van der Waals surface area contributed by atoms with Crippen molar-refractivity contribution in [2.45, 2.75) is 20.8 Å². The number of aryl methyl sites for hydroxylation is 3. The maximum atomic E-state index is 12.3. The maximum Gasteiger partial charge on any atom is 2.00 e. The number of nitrogens with one attached hydrogen (secondary N) is 4. The SMILES string of the molecule is CN1CCNCC1.CNC(=O)c1ccc(Cl)nc1.CNC(=O)c1cnc(Cl)cc1-c1cccnc1C.CNC(=O)c1cnc(N2CCN(C)CC2)cc1-c1cccnc1C.Cc1[c-]cccn1.[Cl-].[Mg+2]. The van der Waals surface area contributed by atoms with Crippen LogP contribution in [0.3, 0.4) is 0 Å². The van der Waals surface area contributed by atoms with Crippen LogP contribution in [0.25, 0.3) is 22.3 Å². The van der Waals surface area contributed by atoms with Gasteiger partial charge in [-0.25, -0.2) is 27.1 Å². The van der Waals surface area contributed by atoms with Gasteiger partial charge in [0.05, 0.1) is 16.7 Å². The van der Waals surface area contributed by atoms with Crippen molar-refractivity contribution in [3.05, 3.63) is 148 Å². The number of pyridine rings is 6. The van der Waals surface area contributed by atoms with E-state index in [-0.39, 0.29) is 53.2 Å². The molecule has 2 fully saturated rings. The van der Waals surface area contributed by atoms with Crippen LogP contribution in [0.1, 0.15) is 48.2 Å². The van der Waals surface area contributed by atoms with Gasteiger partial charge in [0.15, 0.2) is 0 Å². The molecule has 0 aliphatic carbocycles. The molecule has 0 radical (unpaired) electrons. The molecule has 8 heterocycles. The second kappa shape index (κ2) is 31.7. The fourth-order valence-corrected chi connectivity index (χ4v) is 6.80. The summed E-state index contributed by atoms with van der Waals surface area (Å²) in [4.78, 5) is 66.6. The Labute approximate surface area is 438 Å². The molecule has 0 saturated carbocycles. The van der Waals surface area contributed by atoms with Crippen LogP contribution in [-0.4, -0.2) is 168 Å². The summed E-state index contributed by atoms with van der Waals surface area (Å²) in [6.45, 7) is 14.4. The van der Waals surface area contributed by atoms with Crippen LogP contribution in [0, 0.1) is 26.8 Å². The van der Waals surface area contributed by atoms with E-state index in [9.17, 15) is 14.4 Å². The average molecular weight is 1010 g/mol. The van der Waals surface area contributed by atoms with Gasteiger partial charge >= 0.3 is 23.1 Å². The van der Waals surface area contributed by atoms with Crippen molar-refractivity contribution < 1.29 is 26.8 Å². The smallest absolute Gasteiger partial charge is 1.00 e. The minimum atomic E-state index is -0.197. The Bertz CT molecular complexity index is 2500. The average Bonchev–Trinajstić information content (AvgIpc) is 3.35. The predicted octanol–water partition coefficient (Wildman–Crippen LogP) is 2.46. The molecule has 0 atom stereocenters. The molecule has 2 aliphatic heterocycles. The first-order chi connectivity index (χ1) is 32.3. The monoisotopic (exact) mass is 1010 g/mol. The molecule has 8 rings (SSSR count). The van der Waals surface area contributed by atoms with Crippen LogP contribution in [0.5, 0.6) is 0 Å². The van der Waals surface area contributed by atoms with Gasteiger partial charge < -0.3 is 53.4 Å². The van der Waals surface area contributed by atoms with Gasteiger partial charge in [-0.1, -0.05) is 47.2 Å². The zero-order valence-electron chi connectivity index (χ0n) is 40.5. The van der Waals surface area contributed by atoms with Gasteiger partial charge in [-0.05, 0) is 71.3 Å². The van der Waals surface area contributed by atoms with Crippen molar-refractivity contribution >= 4 is 69.8 Å². The standard InChI is InChI=1S/C18H23N5O.C13H12ClN3O.C7H7ClN2O.C6H6N.C5H12N2.ClH.Mg/c1-13-14(5-4-6-20-13)15-11-17(21-12-16(15)18(24)19-2)23-9-7-22(3)8-10-23;1-8-9(4-3-5-16-8)10-6-12(14)17-7-11(10)13(18)15-2;1-9-7(11)5-2-3-6(8)10-4-5;1-6-4-2-3-5-7-6;1-7-4-2-6-3-5-7;;/h4-6,11-12H,7-10H2,1-3H3,(H,19,24);3-7H,1-2H3,(H,15,18);2-4H,1H3,(H,9,11);2-3,5H,1H3;6H,2-5H2,1H3;1H;/q;;;-1;;;+2/p-1. The normalized spacial score (nSPS) is 12.9. The predicted molar refractivity (Wildman–Crippen MR) is 272 cm³/mol. The second-order valence-corrected chi connectivity index (χ2v) is 16.0. The Morgan fingerprint density at radius 3 is 1.54 bits per heavy atom. The number of anilines is 1. The van der Waals surface area contributed by atoms with Gasteiger partial charge in [0, 0.05) is 138 Å². The first-order valence-electron chi connectivity index (χ1n) is 21.7. The minimum absolute atomic E-state index is 0. The molecule has 2 aliphatic rings. The number of carbonyl (C=O) groups is 3. The third-order valence-corrected chi connectivity index (χ3v) is 10.9. The molecule has 362 valence electrons. The quantitative estimate of drug-likeness (QED) is 0.109. The number of hydrogen-bond donors (Lipinski definition) is 4. The van der Waals surface area contributed by atoms with E-state index in [1.807, 2.05) is 63.2 Å². The Balaban J connectivity index is 0.000000319. The van der Waals surface area contributed by atoms with Gasteiger partial charge in [-0.15, -0.1) is 0 Å². The summed E-state index contributed by atoms with van der Waals surface area (Å²) in [7, 11) is 9.06. The number of aromatic nitrogens is 6. The molecule has 0 bridgehead atoms. The number of hydrogen-bond acceptors (Lipinski definition) is 13. The van der Waals surface area contributed by atoms with Crippen LogP contribution in [-0.2, 0) is 0 Å². The van der Waals surface area contributed by atoms with E-state index in [2.05, 4.69) is 86.0 Å². The Morgan fingerprint density at radius 1 is 0.594 bits per heavy atom. The molecule has 16 nitrogen and oxygen atoms in total. The van der Waals surface area contributed by atoms with E-state index >= 15 is 0 Å². The summed E-state index contributed by atoms with van der Waals surface area (Å²) in [5.74, 6) is 0.422. The third kappa shape index (κ3) is 19.5. The third-order valence-electron chi connectivity index (χ3n) is 10.4. The molecular weight excluding hydrogens is 949 g/mol. The number of piperazine rings is 2. The maximum absolute atomic E-state index is 12.3. The Hall–Kier alpha value is -5.37. The van der Waals surface area contributed by atoms with Crippen LogP contribution in [0.2, 0.25) is 10.3 Å². The molecule has 2 saturated heterocycles. The minimum Gasteiger partial charge on any atom is -1.00 e. The van der Waals surface area contributed by atoms with Gasteiger partial charge in [0.2, 0.25) is 0 Å². The van der Waals surface area contributed by atoms with Crippen LogP contribution in [0.4, 0.5) is 5.82 Å². The van der Waals surface area contributed by atoms with Gasteiger partial charge in [-0.3, -0.25) is 24.4 Å². The molecule has 4 N–H and O–H groups in total. The zero-order valence-corrected chi connectivity index (χ0v) is 44.2. The molecule has 0 spiro atoms. The summed E-state index contributed by atoms with van der Waals surface area (Å²) in [5.41, 5.74) is 7.71. The van der Waals surface area contributed by atoms with E-state index in [1.165, 1.54) is 25.5 Å². The van der Waals surface area contributed by atoms with Gasteiger partial charge in [0.25, 0.3) is 17.7 Å². The number of likely N-dealkylation sites (N-methyl/N-ethyl adjacent to an activating group) is 2. The molecule has 20 heteroatoms. The summed E-state index contributed by atoms with van der Waals surface area (Å²) in [6, 6.07) is 21.1. The molecule has 6 aromatic heterocycles. The summed E-state index contributed by atoms with van der Waals surface area (Å²) >= 11 is 11.4. The summed E-state index contributed by atoms with van der Waals surface area (Å²) in [5, 5.41) is 11.8. The molecule has 6 aromatic rings. The zero-order chi connectivity index (χ0) is 48.7. The second-order valence-electron chi connectivity index (χ2n) is 15.2. The molecule has 0 aromatic carbocycles. The van der Waals surface area contributed by atoms with Crippen LogP contribution >= 0.6 is 23.2 Å².